The lowest BCUT2D eigenvalue weighted by Crippen LogP contribution is -2.15. The largest absolute Gasteiger partial charge is 0.323 e. The number of carbonyl (C=O) groups is 1. The lowest BCUT2D eigenvalue weighted by molar-refractivity contribution is -0.113. The minimum Gasteiger partial charge on any atom is -0.323 e. The smallest absolute Gasteiger partial charge is 0.234 e. The number of carbonyl (C=O) groups excluding carboxylic acids is 1. The highest BCUT2D eigenvalue weighted by atomic mass is 32.2. The summed E-state index contributed by atoms with van der Waals surface area (Å²) >= 11 is 1.29. The van der Waals surface area contributed by atoms with E-state index >= 15 is 0 Å². The molecule has 0 radical (unpaired) electrons. The molecular formula is C17H14FN3OS. The van der Waals surface area contributed by atoms with Gasteiger partial charge in [0.1, 0.15) is 10.8 Å². The highest BCUT2D eigenvalue weighted by molar-refractivity contribution is 8.00. The number of hydrogen-bond donors (Lipinski definition) is 1. The van der Waals surface area contributed by atoms with E-state index in [9.17, 15) is 9.18 Å². The molecule has 6 heteroatoms. The summed E-state index contributed by atoms with van der Waals surface area (Å²) < 4.78 is 13.5. The van der Waals surface area contributed by atoms with E-state index in [1.54, 1.807) is 12.1 Å². The van der Waals surface area contributed by atoms with E-state index in [1.807, 2.05) is 31.2 Å². The van der Waals surface area contributed by atoms with Crippen molar-refractivity contribution in [3.05, 3.63) is 60.0 Å². The van der Waals surface area contributed by atoms with Gasteiger partial charge in [0.25, 0.3) is 0 Å². The Kier molecular flexibility index (Phi) is 4.52. The van der Waals surface area contributed by atoms with Crippen LogP contribution in [0.25, 0.3) is 11.0 Å². The lowest BCUT2D eigenvalue weighted by atomic mass is 10.3. The maximum atomic E-state index is 13.5. The minimum absolute atomic E-state index is 0.141. The maximum Gasteiger partial charge on any atom is 0.234 e. The number of halogens is 1. The summed E-state index contributed by atoms with van der Waals surface area (Å²) in [6, 6.07) is 13.7. The molecule has 116 valence electrons. The minimum atomic E-state index is -0.451. The molecule has 0 aliphatic heterocycles. The number of nitrogens with one attached hydrogen (secondary N) is 1. The van der Waals surface area contributed by atoms with E-state index in [0.29, 0.717) is 5.03 Å². The fraction of sp³-hybridized carbons (Fsp3) is 0.118. The fourth-order valence-electron chi connectivity index (χ4n) is 2.09. The molecule has 1 heterocycles. The van der Waals surface area contributed by atoms with Gasteiger partial charge in [0.15, 0.2) is 0 Å². The Morgan fingerprint density at radius 2 is 1.74 bits per heavy atom. The monoisotopic (exact) mass is 327 g/mol. The van der Waals surface area contributed by atoms with Crippen LogP contribution < -0.4 is 5.32 Å². The summed E-state index contributed by atoms with van der Waals surface area (Å²) in [5, 5.41) is 3.26. The van der Waals surface area contributed by atoms with Crippen LogP contribution in [0.15, 0.2) is 53.6 Å². The number of fused-ring (bicyclic) bond motifs is 1. The third kappa shape index (κ3) is 3.65. The maximum absolute atomic E-state index is 13.5. The van der Waals surface area contributed by atoms with E-state index in [-0.39, 0.29) is 17.3 Å². The van der Waals surface area contributed by atoms with E-state index in [2.05, 4.69) is 15.3 Å². The molecule has 4 nitrogen and oxygen atoms in total. The van der Waals surface area contributed by atoms with Crippen LogP contribution in [0.2, 0.25) is 0 Å². The van der Waals surface area contributed by atoms with Crippen molar-refractivity contribution in [3.63, 3.8) is 0 Å². The van der Waals surface area contributed by atoms with E-state index < -0.39 is 5.82 Å². The van der Waals surface area contributed by atoms with Gasteiger partial charge in [-0.25, -0.2) is 14.4 Å². The molecule has 23 heavy (non-hydrogen) atoms. The molecule has 0 saturated heterocycles. The first-order valence-electron chi connectivity index (χ1n) is 7.04. The Balaban J connectivity index is 1.69. The van der Waals surface area contributed by atoms with Gasteiger partial charge >= 0.3 is 0 Å². The van der Waals surface area contributed by atoms with Gasteiger partial charge in [-0.15, -0.1) is 0 Å². The molecule has 0 atom stereocenters. The Morgan fingerprint density at radius 1 is 1.09 bits per heavy atom. The topological polar surface area (TPSA) is 54.9 Å². The Bertz CT molecular complexity index is 869. The van der Waals surface area contributed by atoms with Crippen LogP contribution in [-0.4, -0.2) is 21.6 Å². The van der Waals surface area contributed by atoms with Crippen LogP contribution >= 0.6 is 11.8 Å². The van der Waals surface area contributed by atoms with Crippen LogP contribution in [0.3, 0.4) is 0 Å². The van der Waals surface area contributed by atoms with Gasteiger partial charge in [0.05, 0.1) is 28.2 Å². The van der Waals surface area contributed by atoms with Crippen molar-refractivity contribution in [3.8, 4) is 0 Å². The third-order valence-electron chi connectivity index (χ3n) is 3.19. The molecule has 0 fully saturated rings. The first-order valence-corrected chi connectivity index (χ1v) is 8.02. The first kappa shape index (κ1) is 15.4. The van der Waals surface area contributed by atoms with Crippen LogP contribution in [0.1, 0.15) is 5.69 Å². The van der Waals surface area contributed by atoms with Gasteiger partial charge < -0.3 is 5.32 Å². The molecule has 0 aliphatic carbocycles. The molecule has 1 amide bonds. The standard InChI is InChI=1S/C17H14FN3OS/c1-11-17(21-15-9-5-4-8-14(15)19-11)23-10-16(22)20-13-7-3-2-6-12(13)18/h2-9H,10H2,1H3,(H,20,22). The normalized spacial score (nSPS) is 10.7. The molecule has 3 aromatic rings. The van der Waals surface area contributed by atoms with Crippen molar-refractivity contribution in [1.29, 1.82) is 0 Å². The van der Waals surface area contributed by atoms with Crippen LogP contribution in [-0.2, 0) is 4.79 Å². The number of para-hydroxylation sites is 3. The zero-order chi connectivity index (χ0) is 16.2. The van der Waals surface area contributed by atoms with Gasteiger partial charge in [0, 0.05) is 0 Å². The molecule has 1 N–H and O–H groups in total. The molecule has 1 aromatic heterocycles. The number of benzene rings is 2. The quantitative estimate of drug-likeness (QED) is 0.740. The molecule has 0 spiro atoms. The summed E-state index contributed by atoms with van der Waals surface area (Å²) in [5.41, 5.74) is 2.56. The summed E-state index contributed by atoms with van der Waals surface area (Å²) in [4.78, 5) is 21.0. The molecule has 2 aromatic carbocycles. The average Bonchev–Trinajstić information content (AvgIpc) is 2.55. The molecule has 0 unspecified atom stereocenters. The predicted octanol–water partition coefficient (Wildman–Crippen LogP) is 3.81. The molecule has 0 saturated carbocycles. The zero-order valence-electron chi connectivity index (χ0n) is 12.4. The van der Waals surface area contributed by atoms with E-state index in [1.165, 1.54) is 23.9 Å². The lowest BCUT2D eigenvalue weighted by Gasteiger charge is -2.07. The molecule has 0 aliphatic rings. The number of aryl methyl sites for hydroxylation is 1. The predicted molar refractivity (Wildman–Crippen MR) is 90.0 cm³/mol. The Labute approximate surface area is 137 Å². The SMILES string of the molecule is Cc1nc2ccccc2nc1SCC(=O)Nc1ccccc1F. The Morgan fingerprint density at radius 3 is 2.48 bits per heavy atom. The fourth-order valence-corrected chi connectivity index (χ4v) is 2.85. The summed E-state index contributed by atoms with van der Waals surface area (Å²) in [6.07, 6.45) is 0. The summed E-state index contributed by atoms with van der Waals surface area (Å²) in [6.45, 7) is 1.86. The number of thioether (sulfide) groups is 1. The van der Waals surface area contributed by atoms with Gasteiger partial charge in [-0.05, 0) is 31.2 Å². The second kappa shape index (κ2) is 6.75. The van der Waals surface area contributed by atoms with Crippen LogP contribution in [0.5, 0.6) is 0 Å². The third-order valence-corrected chi connectivity index (χ3v) is 4.26. The second-order valence-electron chi connectivity index (χ2n) is 4.92. The number of anilines is 1. The number of aromatic nitrogens is 2. The van der Waals surface area contributed by atoms with Gasteiger partial charge in [-0.1, -0.05) is 36.0 Å². The van der Waals surface area contributed by atoms with E-state index in [4.69, 9.17) is 0 Å². The van der Waals surface area contributed by atoms with Crippen molar-refractivity contribution < 1.29 is 9.18 Å². The van der Waals surface area contributed by atoms with Crippen LogP contribution in [0, 0.1) is 12.7 Å². The number of nitrogens with zero attached hydrogens (tertiary/aromatic N) is 2. The van der Waals surface area contributed by atoms with Crippen molar-refractivity contribution in [2.24, 2.45) is 0 Å². The number of rotatable bonds is 4. The molecule has 3 rings (SSSR count). The van der Waals surface area contributed by atoms with Crippen molar-refractivity contribution in [2.45, 2.75) is 11.9 Å². The van der Waals surface area contributed by atoms with Crippen LogP contribution in [0.4, 0.5) is 10.1 Å². The molecular weight excluding hydrogens is 313 g/mol. The summed E-state index contributed by atoms with van der Waals surface area (Å²) in [7, 11) is 0. The first-order chi connectivity index (χ1) is 11.1. The van der Waals surface area contributed by atoms with Gasteiger partial charge in [0.2, 0.25) is 5.91 Å². The van der Waals surface area contributed by atoms with Crippen molar-refractivity contribution in [2.75, 3.05) is 11.1 Å². The zero-order valence-corrected chi connectivity index (χ0v) is 13.2. The number of hydrogen-bond acceptors (Lipinski definition) is 4. The van der Waals surface area contributed by atoms with Crippen molar-refractivity contribution >= 4 is 34.4 Å². The Hall–Kier alpha value is -2.47. The highest BCUT2D eigenvalue weighted by Crippen LogP contribution is 2.22. The van der Waals surface area contributed by atoms with Gasteiger partial charge in [-0.3, -0.25) is 4.79 Å². The molecule has 0 bridgehead atoms. The average molecular weight is 327 g/mol. The van der Waals surface area contributed by atoms with E-state index in [0.717, 1.165) is 16.7 Å². The number of amides is 1. The van der Waals surface area contributed by atoms with Gasteiger partial charge in [-0.2, -0.15) is 0 Å². The highest BCUT2D eigenvalue weighted by Gasteiger charge is 2.10. The van der Waals surface area contributed by atoms with Crippen molar-refractivity contribution in [1.82, 2.24) is 9.97 Å². The second-order valence-corrected chi connectivity index (χ2v) is 5.88. The summed E-state index contributed by atoms with van der Waals surface area (Å²) in [5.74, 6) is -0.593.